The average molecular weight is 305 g/mol. The highest BCUT2D eigenvalue weighted by molar-refractivity contribution is 5.75. The Morgan fingerprint density at radius 1 is 1.22 bits per heavy atom. The molecule has 2 aromatic rings. The average Bonchev–Trinajstić information content (AvgIpc) is 3.10. The second-order valence-electron chi connectivity index (χ2n) is 5.46. The van der Waals surface area contributed by atoms with Crippen molar-refractivity contribution >= 4 is 6.03 Å². The van der Waals surface area contributed by atoms with Crippen molar-refractivity contribution in [1.29, 1.82) is 0 Å². The van der Waals surface area contributed by atoms with E-state index in [-0.39, 0.29) is 12.1 Å². The van der Waals surface area contributed by atoms with Gasteiger partial charge in [-0.05, 0) is 42.7 Å². The first kappa shape index (κ1) is 15.1. The molecule has 4 nitrogen and oxygen atoms in total. The molecule has 0 bridgehead atoms. The van der Waals surface area contributed by atoms with E-state index in [2.05, 4.69) is 22.1 Å². The summed E-state index contributed by atoms with van der Waals surface area (Å²) in [5.41, 5.74) is 2.10. The quantitative estimate of drug-likeness (QED) is 0.867. The molecule has 1 aliphatic rings. The molecule has 0 spiro atoms. The predicted octanol–water partition coefficient (Wildman–Crippen LogP) is 2.98. The lowest BCUT2D eigenvalue weighted by molar-refractivity contribution is 0.194. The Morgan fingerprint density at radius 2 is 2.00 bits per heavy atom. The van der Waals surface area contributed by atoms with Crippen molar-refractivity contribution in [2.45, 2.75) is 18.9 Å². The second kappa shape index (κ2) is 7.46. The first-order valence-corrected chi connectivity index (χ1v) is 7.83. The van der Waals surface area contributed by atoms with Crippen molar-refractivity contribution < 1.29 is 4.79 Å². The first-order chi connectivity index (χ1) is 11.3. The molecule has 0 radical (unpaired) electrons. The van der Waals surface area contributed by atoms with Gasteiger partial charge >= 0.3 is 6.03 Å². The van der Waals surface area contributed by atoms with Crippen molar-refractivity contribution in [3.05, 3.63) is 66.0 Å². The van der Waals surface area contributed by atoms with E-state index >= 15 is 0 Å². The van der Waals surface area contributed by atoms with Crippen LogP contribution in [0.2, 0.25) is 0 Å². The molecule has 116 valence electrons. The summed E-state index contributed by atoms with van der Waals surface area (Å²) < 4.78 is 0. The Balaban J connectivity index is 1.57. The van der Waals surface area contributed by atoms with Crippen LogP contribution >= 0.6 is 0 Å². The summed E-state index contributed by atoms with van der Waals surface area (Å²) in [6, 6.07) is 13.8. The van der Waals surface area contributed by atoms with Crippen LogP contribution in [0.25, 0.3) is 0 Å². The van der Waals surface area contributed by atoms with Gasteiger partial charge in [-0.3, -0.25) is 4.98 Å². The minimum Gasteiger partial charge on any atom is -0.327 e. The molecule has 0 unspecified atom stereocenters. The standard InChI is InChI=1S/C19H19N3O/c23-19(21-12-4-8-16-6-2-1-3-7-16)22-15-5-9-18(22)17-10-13-20-14-11-17/h1-3,6-7,10-11,13-14,18H,5,9,12,15H2,(H,21,23)/t18-/m0/s1. The Kier molecular flexibility index (Phi) is 4.90. The number of urea groups is 1. The van der Waals surface area contributed by atoms with E-state index < -0.39 is 0 Å². The molecule has 1 aromatic carbocycles. The van der Waals surface area contributed by atoms with Crippen LogP contribution in [-0.4, -0.2) is 29.0 Å². The highest BCUT2D eigenvalue weighted by Crippen LogP contribution is 2.31. The molecule has 1 saturated heterocycles. The zero-order valence-corrected chi connectivity index (χ0v) is 12.9. The Hall–Kier alpha value is -2.80. The van der Waals surface area contributed by atoms with Crippen LogP contribution in [0.5, 0.6) is 0 Å². The number of hydrogen-bond acceptors (Lipinski definition) is 2. The lowest BCUT2D eigenvalue weighted by Crippen LogP contribution is -2.39. The third-order valence-corrected chi connectivity index (χ3v) is 3.94. The smallest absolute Gasteiger partial charge is 0.318 e. The molecular weight excluding hydrogens is 286 g/mol. The summed E-state index contributed by atoms with van der Waals surface area (Å²) in [5, 5.41) is 2.89. The van der Waals surface area contributed by atoms with Gasteiger partial charge in [-0.25, -0.2) is 4.79 Å². The van der Waals surface area contributed by atoms with Gasteiger partial charge in [0.25, 0.3) is 0 Å². The number of hydrogen-bond donors (Lipinski definition) is 1. The molecule has 3 rings (SSSR count). The SMILES string of the molecule is O=C(NCC#Cc1ccccc1)N1CCC[C@H]1c1ccncc1. The summed E-state index contributed by atoms with van der Waals surface area (Å²) in [7, 11) is 0. The molecule has 1 aliphatic heterocycles. The molecule has 2 amide bonds. The van der Waals surface area contributed by atoms with Crippen molar-refractivity contribution in [2.24, 2.45) is 0 Å². The molecule has 2 heterocycles. The molecule has 0 aliphatic carbocycles. The minimum absolute atomic E-state index is 0.0494. The van der Waals surface area contributed by atoms with E-state index in [1.807, 2.05) is 47.4 Å². The topological polar surface area (TPSA) is 45.2 Å². The van der Waals surface area contributed by atoms with Gasteiger partial charge in [0.05, 0.1) is 12.6 Å². The lowest BCUT2D eigenvalue weighted by atomic mass is 10.1. The van der Waals surface area contributed by atoms with Crippen molar-refractivity contribution in [1.82, 2.24) is 15.2 Å². The van der Waals surface area contributed by atoms with E-state index in [0.29, 0.717) is 6.54 Å². The first-order valence-electron chi connectivity index (χ1n) is 7.83. The zero-order chi connectivity index (χ0) is 15.9. The fourth-order valence-electron chi connectivity index (χ4n) is 2.83. The molecule has 1 aromatic heterocycles. The Labute approximate surface area is 136 Å². The molecule has 1 fully saturated rings. The van der Waals surface area contributed by atoms with Crippen LogP contribution in [0.3, 0.4) is 0 Å². The fourth-order valence-corrected chi connectivity index (χ4v) is 2.83. The van der Waals surface area contributed by atoms with E-state index in [1.54, 1.807) is 12.4 Å². The number of aromatic nitrogens is 1. The number of carbonyl (C=O) groups excluding carboxylic acids is 1. The number of amides is 2. The summed E-state index contributed by atoms with van der Waals surface area (Å²) >= 11 is 0. The van der Waals surface area contributed by atoms with Gasteiger partial charge < -0.3 is 10.2 Å². The number of nitrogens with zero attached hydrogens (tertiary/aromatic N) is 2. The minimum atomic E-state index is -0.0494. The lowest BCUT2D eigenvalue weighted by Gasteiger charge is -2.24. The van der Waals surface area contributed by atoms with Crippen LogP contribution in [0.1, 0.15) is 30.0 Å². The van der Waals surface area contributed by atoms with Crippen molar-refractivity contribution in [3.8, 4) is 11.8 Å². The second-order valence-corrected chi connectivity index (χ2v) is 5.46. The zero-order valence-electron chi connectivity index (χ0n) is 12.9. The number of likely N-dealkylation sites (tertiary alicyclic amines) is 1. The van der Waals surface area contributed by atoms with Crippen LogP contribution in [0.4, 0.5) is 4.79 Å². The fraction of sp³-hybridized carbons (Fsp3) is 0.263. The maximum Gasteiger partial charge on any atom is 0.318 e. The third-order valence-electron chi connectivity index (χ3n) is 3.94. The van der Waals surface area contributed by atoms with Gasteiger partial charge in [-0.15, -0.1) is 0 Å². The maximum atomic E-state index is 12.4. The molecule has 0 saturated carbocycles. The van der Waals surface area contributed by atoms with Crippen LogP contribution in [0.15, 0.2) is 54.9 Å². The molecule has 1 N–H and O–H groups in total. The van der Waals surface area contributed by atoms with E-state index in [9.17, 15) is 4.79 Å². The number of carbonyl (C=O) groups is 1. The maximum absolute atomic E-state index is 12.4. The predicted molar refractivity (Wildman–Crippen MR) is 89.6 cm³/mol. The molecule has 23 heavy (non-hydrogen) atoms. The van der Waals surface area contributed by atoms with Gasteiger partial charge in [-0.1, -0.05) is 30.0 Å². The van der Waals surface area contributed by atoms with Gasteiger partial charge in [-0.2, -0.15) is 0 Å². The van der Waals surface area contributed by atoms with Crippen molar-refractivity contribution in [2.75, 3.05) is 13.1 Å². The monoisotopic (exact) mass is 305 g/mol. The van der Waals surface area contributed by atoms with Gasteiger partial charge in [0.1, 0.15) is 0 Å². The van der Waals surface area contributed by atoms with Gasteiger partial charge in [0.15, 0.2) is 0 Å². The molecule has 4 heteroatoms. The van der Waals surface area contributed by atoms with Crippen LogP contribution in [-0.2, 0) is 0 Å². The third kappa shape index (κ3) is 3.89. The summed E-state index contributed by atoms with van der Waals surface area (Å²) in [6.45, 7) is 1.14. The van der Waals surface area contributed by atoms with E-state index in [4.69, 9.17) is 0 Å². The van der Waals surface area contributed by atoms with Crippen LogP contribution < -0.4 is 5.32 Å². The van der Waals surface area contributed by atoms with E-state index in [0.717, 1.165) is 30.5 Å². The number of pyridine rings is 1. The number of nitrogens with one attached hydrogen (secondary N) is 1. The summed E-state index contributed by atoms with van der Waals surface area (Å²) in [4.78, 5) is 18.3. The Morgan fingerprint density at radius 3 is 2.78 bits per heavy atom. The number of rotatable bonds is 2. The van der Waals surface area contributed by atoms with Gasteiger partial charge in [0, 0.05) is 24.5 Å². The highest BCUT2D eigenvalue weighted by Gasteiger charge is 2.29. The highest BCUT2D eigenvalue weighted by atomic mass is 16.2. The summed E-state index contributed by atoms with van der Waals surface area (Å²) in [5.74, 6) is 6.03. The normalized spacial score (nSPS) is 16.5. The Bertz CT molecular complexity index is 704. The molecular formula is C19H19N3O. The van der Waals surface area contributed by atoms with Gasteiger partial charge in [0.2, 0.25) is 0 Å². The van der Waals surface area contributed by atoms with E-state index in [1.165, 1.54) is 0 Å². The summed E-state index contributed by atoms with van der Waals surface area (Å²) in [6.07, 6.45) is 5.56. The number of benzene rings is 1. The van der Waals surface area contributed by atoms with Crippen LogP contribution in [0, 0.1) is 11.8 Å². The molecule has 1 atom stereocenters. The van der Waals surface area contributed by atoms with Crippen molar-refractivity contribution in [3.63, 3.8) is 0 Å². The largest absolute Gasteiger partial charge is 0.327 e.